The molecule has 2 aromatic rings. The molecule has 0 aliphatic heterocycles. The molecule has 1 aromatic carbocycles. The van der Waals surface area contributed by atoms with Gasteiger partial charge in [0, 0.05) is 5.38 Å². The number of aromatic nitrogens is 1. The summed E-state index contributed by atoms with van der Waals surface area (Å²) in [6.07, 6.45) is 0.876. The Bertz CT molecular complexity index is 624. The van der Waals surface area contributed by atoms with E-state index in [4.69, 9.17) is 9.47 Å². The van der Waals surface area contributed by atoms with E-state index >= 15 is 0 Å². The van der Waals surface area contributed by atoms with Gasteiger partial charge in [0.05, 0.1) is 17.3 Å². The summed E-state index contributed by atoms with van der Waals surface area (Å²) in [5, 5.41) is 12.2. The van der Waals surface area contributed by atoms with Crippen molar-refractivity contribution in [2.45, 2.75) is 26.9 Å². The van der Waals surface area contributed by atoms with Crippen LogP contribution in [0.1, 0.15) is 34.9 Å². The molecule has 0 amide bonds. The van der Waals surface area contributed by atoms with Gasteiger partial charge in [-0.2, -0.15) is 0 Å². The summed E-state index contributed by atoms with van der Waals surface area (Å²) < 4.78 is 11.1. The maximum Gasteiger partial charge on any atom is 0.339 e. The van der Waals surface area contributed by atoms with Crippen molar-refractivity contribution in [3.63, 3.8) is 0 Å². The van der Waals surface area contributed by atoms with Gasteiger partial charge in [-0.25, -0.2) is 9.78 Å². The van der Waals surface area contributed by atoms with Crippen molar-refractivity contribution in [1.82, 2.24) is 4.98 Å². The van der Waals surface area contributed by atoms with Crippen LogP contribution >= 0.6 is 11.3 Å². The number of hydrogen-bond donors (Lipinski definition) is 1. The number of hydrogen-bond acceptors (Lipinski definition) is 5. The number of rotatable bonds is 7. The van der Waals surface area contributed by atoms with E-state index in [2.05, 4.69) is 4.98 Å². The minimum Gasteiger partial charge on any atom is -0.490 e. The lowest BCUT2D eigenvalue weighted by Crippen LogP contribution is -2.06. The second-order valence-electron chi connectivity index (χ2n) is 4.25. The third-order valence-electron chi connectivity index (χ3n) is 2.78. The van der Waals surface area contributed by atoms with Crippen LogP contribution in [0.2, 0.25) is 0 Å². The molecule has 2 rings (SSSR count). The molecular weight excluding hydrogens is 290 g/mol. The minimum absolute atomic E-state index is 0.0897. The smallest absolute Gasteiger partial charge is 0.339 e. The van der Waals surface area contributed by atoms with Crippen molar-refractivity contribution in [2.75, 3.05) is 6.61 Å². The lowest BCUT2D eigenvalue weighted by Gasteiger charge is -2.13. The maximum atomic E-state index is 11.3. The monoisotopic (exact) mass is 307 g/mol. The number of aryl methyl sites for hydroxylation is 1. The van der Waals surface area contributed by atoms with Crippen LogP contribution in [0.5, 0.6) is 11.5 Å². The number of ether oxygens (including phenoxy) is 2. The van der Waals surface area contributed by atoms with E-state index < -0.39 is 5.97 Å². The first-order valence-corrected chi connectivity index (χ1v) is 7.58. The van der Waals surface area contributed by atoms with Crippen LogP contribution in [0, 0.1) is 0 Å². The van der Waals surface area contributed by atoms with Gasteiger partial charge in [-0.05, 0) is 25.5 Å². The normalized spacial score (nSPS) is 10.4. The number of carboxylic acids is 1. The maximum absolute atomic E-state index is 11.3. The Kier molecular flexibility index (Phi) is 5.16. The topological polar surface area (TPSA) is 68.7 Å². The molecule has 21 heavy (non-hydrogen) atoms. The van der Waals surface area contributed by atoms with Crippen molar-refractivity contribution < 1.29 is 19.4 Å². The molecule has 0 saturated carbocycles. The standard InChI is InChI=1S/C15H17NO4S/c1-3-13-16-10(9-21-13)8-20-14-11(15(17)18)6-5-7-12(14)19-4-2/h5-7,9H,3-4,8H2,1-2H3,(H,17,18). The van der Waals surface area contributed by atoms with E-state index in [1.807, 2.05) is 19.2 Å². The Labute approximate surface area is 127 Å². The van der Waals surface area contributed by atoms with Crippen LogP contribution in [-0.2, 0) is 13.0 Å². The van der Waals surface area contributed by atoms with Crippen molar-refractivity contribution in [3.05, 3.63) is 39.8 Å². The van der Waals surface area contributed by atoms with Gasteiger partial charge in [-0.15, -0.1) is 11.3 Å². The summed E-state index contributed by atoms with van der Waals surface area (Å²) in [5.41, 5.74) is 0.881. The average molecular weight is 307 g/mol. The van der Waals surface area contributed by atoms with Crippen LogP contribution in [0.15, 0.2) is 23.6 Å². The zero-order chi connectivity index (χ0) is 15.2. The summed E-state index contributed by atoms with van der Waals surface area (Å²) in [6.45, 7) is 4.54. The van der Waals surface area contributed by atoms with Gasteiger partial charge in [-0.1, -0.05) is 13.0 Å². The number of para-hydroxylation sites is 1. The fourth-order valence-corrected chi connectivity index (χ4v) is 2.56. The van der Waals surface area contributed by atoms with Crippen molar-refractivity contribution in [3.8, 4) is 11.5 Å². The number of carbonyl (C=O) groups is 1. The zero-order valence-corrected chi connectivity index (χ0v) is 12.8. The molecule has 0 saturated heterocycles. The summed E-state index contributed by atoms with van der Waals surface area (Å²) in [5.74, 6) is -0.361. The van der Waals surface area contributed by atoms with E-state index in [9.17, 15) is 9.90 Å². The van der Waals surface area contributed by atoms with Crippen molar-refractivity contribution in [1.29, 1.82) is 0 Å². The molecule has 1 N–H and O–H groups in total. The van der Waals surface area contributed by atoms with Crippen molar-refractivity contribution in [2.24, 2.45) is 0 Å². The van der Waals surface area contributed by atoms with E-state index in [-0.39, 0.29) is 17.9 Å². The predicted molar refractivity (Wildman–Crippen MR) is 80.4 cm³/mol. The Morgan fingerprint density at radius 3 is 2.76 bits per heavy atom. The molecule has 0 aliphatic carbocycles. The molecule has 0 radical (unpaired) electrons. The van der Waals surface area contributed by atoms with Crippen LogP contribution in [-0.4, -0.2) is 22.7 Å². The quantitative estimate of drug-likeness (QED) is 0.849. The van der Waals surface area contributed by atoms with Crippen LogP contribution in [0.25, 0.3) is 0 Å². The molecule has 0 aliphatic rings. The third kappa shape index (κ3) is 3.72. The SMILES string of the molecule is CCOc1cccc(C(=O)O)c1OCc1csc(CC)n1. The summed E-state index contributed by atoms with van der Waals surface area (Å²) in [7, 11) is 0. The van der Waals surface area contributed by atoms with Gasteiger partial charge in [0.1, 0.15) is 12.2 Å². The van der Waals surface area contributed by atoms with Gasteiger partial charge in [0.15, 0.2) is 11.5 Å². The molecule has 0 bridgehead atoms. The van der Waals surface area contributed by atoms with Crippen LogP contribution in [0.3, 0.4) is 0 Å². The Balaban J connectivity index is 2.22. The Hall–Kier alpha value is -2.08. The molecular formula is C15H17NO4S. The van der Waals surface area contributed by atoms with Gasteiger partial charge in [0.25, 0.3) is 0 Å². The average Bonchev–Trinajstić information content (AvgIpc) is 2.94. The van der Waals surface area contributed by atoms with E-state index in [0.29, 0.717) is 12.4 Å². The fourth-order valence-electron chi connectivity index (χ4n) is 1.83. The molecule has 0 spiro atoms. The molecule has 112 valence electrons. The second-order valence-corrected chi connectivity index (χ2v) is 5.19. The van der Waals surface area contributed by atoms with Crippen molar-refractivity contribution >= 4 is 17.3 Å². The highest BCUT2D eigenvalue weighted by Crippen LogP contribution is 2.32. The van der Waals surface area contributed by atoms with Crippen LogP contribution < -0.4 is 9.47 Å². The molecule has 1 heterocycles. The van der Waals surface area contributed by atoms with Gasteiger partial charge in [0.2, 0.25) is 0 Å². The molecule has 0 unspecified atom stereocenters. The predicted octanol–water partition coefficient (Wildman–Crippen LogP) is 3.38. The van der Waals surface area contributed by atoms with Gasteiger partial charge >= 0.3 is 5.97 Å². The number of nitrogens with zero attached hydrogens (tertiary/aromatic N) is 1. The number of carboxylic acid groups (broad SMARTS) is 1. The van der Waals surface area contributed by atoms with Crippen LogP contribution in [0.4, 0.5) is 0 Å². The first-order chi connectivity index (χ1) is 10.2. The number of thiazole rings is 1. The highest BCUT2D eigenvalue weighted by Gasteiger charge is 2.17. The molecule has 5 nitrogen and oxygen atoms in total. The third-order valence-corrected chi connectivity index (χ3v) is 3.82. The fraction of sp³-hybridized carbons (Fsp3) is 0.333. The van der Waals surface area contributed by atoms with E-state index in [0.717, 1.165) is 17.1 Å². The summed E-state index contributed by atoms with van der Waals surface area (Å²) in [4.78, 5) is 15.7. The largest absolute Gasteiger partial charge is 0.490 e. The molecule has 0 atom stereocenters. The molecule has 6 heteroatoms. The Morgan fingerprint density at radius 1 is 1.33 bits per heavy atom. The minimum atomic E-state index is -1.04. The highest BCUT2D eigenvalue weighted by molar-refractivity contribution is 7.09. The van der Waals surface area contributed by atoms with Gasteiger partial charge < -0.3 is 14.6 Å². The second kappa shape index (κ2) is 7.08. The Morgan fingerprint density at radius 2 is 2.14 bits per heavy atom. The van der Waals surface area contributed by atoms with Gasteiger partial charge in [-0.3, -0.25) is 0 Å². The zero-order valence-electron chi connectivity index (χ0n) is 12.0. The highest BCUT2D eigenvalue weighted by atomic mass is 32.1. The molecule has 0 fully saturated rings. The number of aromatic carboxylic acids is 1. The van der Waals surface area contributed by atoms with E-state index in [1.165, 1.54) is 6.07 Å². The lowest BCUT2D eigenvalue weighted by atomic mass is 10.2. The molecule has 1 aromatic heterocycles. The summed E-state index contributed by atoms with van der Waals surface area (Å²) in [6, 6.07) is 4.84. The number of benzene rings is 1. The first-order valence-electron chi connectivity index (χ1n) is 6.70. The lowest BCUT2D eigenvalue weighted by molar-refractivity contribution is 0.0690. The van der Waals surface area contributed by atoms with E-state index in [1.54, 1.807) is 23.5 Å². The first kappa shape index (κ1) is 15.3. The summed E-state index contributed by atoms with van der Waals surface area (Å²) >= 11 is 1.57.